The van der Waals surface area contributed by atoms with Crippen LogP contribution in [0.25, 0.3) is 0 Å². The third-order valence-corrected chi connectivity index (χ3v) is 3.02. The van der Waals surface area contributed by atoms with Gasteiger partial charge in [-0.25, -0.2) is 8.78 Å². The first kappa shape index (κ1) is 12.7. The quantitative estimate of drug-likeness (QED) is 0.754. The van der Waals surface area contributed by atoms with Crippen LogP contribution in [0.4, 0.5) is 8.78 Å². The highest BCUT2D eigenvalue weighted by Crippen LogP contribution is 2.13. The number of benzene rings is 2. The standard InChI is InChI=1S/C16H16F2/c1-2-12-4-3-5-13(8-12)6-7-14-9-15(17)11-16(18)10-14/h3-5,8-11H,2,6-7H2,1H3. The highest BCUT2D eigenvalue weighted by molar-refractivity contribution is 5.25. The Morgan fingerprint density at radius 2 is 1.39 bits per heavy atom. The van der Waals surface area contributed by atoms with Crippen LogP contribution in [0.3, 0.4) is 0 Å². The Bertz CT molecular complexity index is 512. The van der Waals surface area contributed by atoms with Crippen LogP contribution in [0.1, 0.15) is 23.6 Å². The van der Waals surface area contributed by atoms with Crippen molar-refractivity contribution in [1.29, 1.82) is 0 Å². The van der Waals surface area contributed by atoms with E-state index >= 15 is 0 Å². The molecule has 2 rings (SSSR count). The summed E-state index contributed by atoms with van der Waals surface area (Å²) in [6.07, 6.45) is 2.46. The van der Waals surface area contributed by atoms with Crippen molar-refractivity contribution in [2.45, 2.75) is 26.2 Å². The van der Waals surface area contributed by atoms with Gasteiger partial charge < -0.3 is 0 Å². The molecule has 2 heteroatoms. The summed E-state index contributed by atoms with van der Waals surface area (Å²) in [4.78, 5) is 0. The van der Waals surface area contributed by atoms with E-state index in [1.165, 1.54) is 23.3 Å². The maximum absolute atomic E-state index is 13.0. The zero-order valence-electron chi connectivity index (χ0n) is 10.4. The van der Waals surface area contributed by atoms with Crippen molar-refractivity contribution < 1.29 is 8.78 Å². The summed E-state index contributed by atoms with van der Waals surface area (Å²) in [5, 5.41) is 0. The van der Waals surface area contributed by atoms with Crippen molar-refractivity contribution in [3.63, 3.8) is 0 Å². The largest absolute Gasteiger partial charge is 0.207 e. The molecule has 0 bridgehead atoms. The molecule has 2 aromatic carbocycles. The van der Waals surface area contributed by atoms with E-state index in [4.69, 9.17) is 0 Å². The molecule has 0 nitrogen and oxygen atoms in total. The van der Waals surface area contributed by atoms with E-state index in [-0.39, 0.29) is 0 Å². The molecule has 94 valence electrons. The summed E-state index contributed by atoms with van der Waals surface area (Å²) >= 11 is 0. The molecular formula is C16H16F2. The molecule has 0 aliphatic heterocycles. The van der Waals surface area contributed by atoms with E-state index in [2.05, 4.69) is 25.1 Å². The van der Waals surface area contributed by atoms with Gasteiger partial charge in [0, 0.05) is 6.07 Å². The fourth-order valence-electron chi connectivity index (χ4n) is 2.05. The lowest BCUT2D eigenvalue weighted by molar-refractivity contribution is 0.579. The first-order chi connectivity index (χ1) is 8.67. The summed E-state index contributed by atoms with van der Waals surface area (Å²) < 4.78 is 26.1. The fourth-order valence-corrected chi connectivity index (χ4v) is 2.05. The molecule has 0 radical (unpaired) electrons. The Morgan fingerprint density at radius 1 is 0.778 bits per heavy atom. The maximum Gasteiger partial charge on any atom is 0.126 e. The second-order valence-electron chi connectivity index (χ2n) is 4.45. The van der Waals surface area contributed by atoms with E-state index in [1.807, 2.05) is 6.07 Å². The zero-order chi connectivity index (χ0) is 13.0. The van der Waals surface area contributed by atoms with Gasteiger partial charge in [-0.05, 0) is 48.1 Å². The lowest BCUT2D eigenvalue weighted by atomic mass is 10.0. The highest BCUT2D eigenvalue weighted by Gasteiger charge is 2.02. The van der Waals surface area contributed by atoms with Crippen LogP contribution >= 0.6 is 0 Å². The predicted octanol–water partition coefficient (Wildman–Crippen LogP) is 4.31. The van der Waals surface area contributed by atoms with E-state index < -0.39 is 11.6 Å². The average Bonchev–Trinajstić information content (AvgIpc) is 2.35. The Labute approximate surface area is 106 Å². The van der Waals surface area contributed by atoms with Crippen LogP contribution in [-0.2, 0) is 19.3 Å². The SMILES string of the molecule is CCc1cccc(CCc2cc(F)cc(F)c2)c1. The molecule has 18 heavy (non-hydrogen) atoms. The molecule has 0 saturated heterocycles. The minimum atomic E-state index is -0.507. The van der Waals surface area contributed by atoms with E-state index in [1.54, 1.807) is 0 Å². The van der Waals surface area contributed by atoms with Crippen molar-refractivity contribution in [3.05, 3.63) is 70.8 Å². The lowest BCUT2D eigenvalue weighted by Gasteiger charge is -2.05. The Hall–Kier alpha value is -1.70. The van der Waals surface area contributed by atoms with Crippen LogP contribution < -0.4 is 0 Å². The number of halogens is 2. The van der Waals surface area contributed by atoms with E-state index in [9.17, 15) is 8.78 Å². The molecule has 2 aromatic rings. The van der Waals surface area contributed by atoms with Gasteiger partial charge in [-0.2, -0.15) is 0 Å². The Balaban J connectivity index is 2.06. The molecule has 0 aliphatic carbocycles. The average molecular weight is 246 g/mol. The van der Waals surface area contributed by atoms with Crippen LogP contribution in [-0.4, -0.2) is 0 Å². The van der Waals surface area contributed by atoms with Gasteiger partial charge in [-0.1, -0.05) is 31.2 Å². The molecule has 0 saturated carbocycles. The van der Waals surface area contributed by atoms with Gasteiger partial charge in [-0.3, -0.25) is 0 Å². The molecule has 0 heterocycles. The molecule has 0 N–H and O–H groups in total. The van der Waals surface area contributed by atoms with E-state index in [0.717, 1.165) is 18.9 Å². The van der Waals surface area contributed by atoms with Crippen molar-refractivity contribution in [3.8, 4) is 0 Å². The third-order valence-electron chi connectivity index (χ3n) is 3.02. The summed E-state index contributed by atoms with van der Waals surface area (Å²) in [6.45, 7) is 2.11. The van der Waals surface area contributed by atoms with Crippen molar-refractivity contribution in [1.82, 2.24) is 0 Å². The first-order valence-corrected chi connectivity index (χ1v) is 6.20. The number of aryl methyl sites for hydroxylation is 3. The van der Waals surface area contributed by atoms with Crippen LogP contribution in [0.15, 0.2) is 42.5 Å². The second-order valence-corrected chi connectivity index (χ2v) is 4.45. The molecule has 0 atom stereocenters. The molecule has 0 aromatic heterocycles. The van der Waals surface area contributed by atoms with Crippen LogP contribution in [0.2, 0.25) is 0 Å². The first-order valence-electron chi connectivity index (χ1n) is 6.20. The minimum absolute atomic E-state index is 0.507. The van der Waals surface area contributed by atoms with Gasteiger partial charge in [0.1, 0.15) is 11.6 Å². The van der Waals surface area contributed by atoms with Gasteiger partial charge in [0.2, 0.25) is 0 Å². The van der Waals surface area contributed by atoms with Crippen LogP contribution in [0.5, 0.6) is 0 Å². The van der Waals surface area contributed by atoms with Crippen molar-refractivity contribution >= 4 is 0 Å². The lowest BCUT2D eigenvalue weighted by Crippen LogP contribution is -1.94. The molecule has 0 amide bonds. The molecule has 0 spiro atoms. The van der Waals surface area contributed by atoms with Gasteiger partial charge in [-0.15, -0.1) is 0 Å². The van der Waals surface area contributed by atoms with Crippen molar-refractivity contribution in [2.24, 2.45) is 0 Å². The number of rotatable bonds is 4. The van der Waals surface area contributed by atoms with Gasteiger partial charge in [0.25, 0.3) is 0 Å². The predicted molar refractivity (Wildman–Crippen MR) is 69.6 cm³/mol. The Morgan fingerprint density at radius 3 is 2.06 bits per heavy atom. The summed E-state index contributed by atoms with van der Waals surface area (Å²) in [5.74, 6) is -1.01. The van der Waals surface area contributed by atoms with Crippen LogP contribution in [0, 0.1) is 11.6 Å². The smallest absolute Gasteiger partial charge is 0.126 e. The molecular weight excluding hydrogens is 230 g/mol. The third kappa shape index (κ3) is 3.39. The fraction of sp³-hybridized carbons (Fsp3) is 0.250. The summed E-state index contributed by atoms with van der Waals surface area (Å²) in [6, 6.07) is 12.0. The topological polar surface area (TPSA) is 0 Å². The molecule has 0 fully saturated rings. The van der Waals surface area contributed by atoms with Crippen molar-refractivity contribution in [2.75, 3.05) is 0 Å². The van der Waals surface area contributed by atoms with Gasteiger partial charge in [0.05, 0.1) is 0 Å². The molecule has 0 aliphatic rings. The normalized spacial score (nSPS) is 10.6. The summed E-state index contributed by atoms with van der Waals surface area (Å²) in [7, 11) is 0. The molecule has 0 unspecified atom stereocenters. The van der Waals surface area contributed by atoms with E-state index in [0.29, 0.717) is 12.0 Å². The maximum atomic E-state index is 13.0. The zero-order valence-corrected chi connectivity index (χ0v) is 10.4. The minimum Gasteiger partial charge on any atom is -0.207 e. The monoisotopic (exact) mass is 246 g/mol. The number of hydrogen-bond acceptors (Lipinski definition) is 0. The second kappa shape index (κ2) is 5.76. The number of hydrogen-bond donors (Lipinski definition) is 0. The summed E-state index contributed by atoms with van der Waals surface area (Å²) in [5.41, 5.74) is 3.20. The van der Waals surface area contributed by atoms with Gasteiger partial charge >= 0.3 is 0 Å². The Kier molecular flexibility index (Phi) is 4.08. The van der Waals surface area contributed by atoms with Gasteiger partial charge in [0.15, 0.2) is 0 Å². The highest BCUT2D eigenvalue weighted by atomic mass is 19.1.